The lowest BCUT2D eigenvalue weighted by Gasteiger charge is -2.02. The Morgan fingerprint density at radius 3 is 2.68 bits per heavy atom. The van der Waals surface area contributed by atoms with Crippen molar-refractivity contribution in [2.45, 2.75) is 0 Å². The third kappa shape index (κ3) is 3.67. The Kier molecular flexibility index (Phi) is 4.76. The molecule has 2 nitrogen and oxygen atoms in total. The highest BCUT2D eigenvalue weighted by Gasteiger charge is 2.10. The molecule has 0 saturated carbocycles. The first-order valence-electron chi connectivity index (χ1n) is 5.53. The van der Waals surface area contributed by atoms with Gasteiger partial charge in [-0.2, -0.15) is 0 Å². The molecule has 0 unspecified atom stereocenters. The van der Waals surface area contributed by atoms with Crippen molar-refractivity contribution in [1.82, 2.24) is 0 Å². The van der Waals surface area contributed by atoms with Crippen LogP contribution in [0, 0.1) is 3.57 Å². The van der Waals surface area contributed by atoms with Crippen LogP contribution in [-0.2, 0) is 0 Å². The van der Waals surface area contributed by atoms with Crippen LogP contribution in [0.25, 0.3) is 6.08 Å². The van der Waals surface area contributed by atoms with Gasteiger partial charge in [0.2, 0.25) is 0 Å². The predicted octanol–water partition coefficient (Wildman–Crippen LogP) is 4.66. The number of allylic oxidation sites excluding steroid dienone is 1. The molecule has 0 atom stereocenters. The van der Waals surface area contributed by atoms with Crippen LogP contribution in [0.3, 0.4) is 0 Å². The second-order valence-electron chi connectivity index (χ2n) is 3.89. The molecule has 0 radical (unpaired) electrons. The predicted molar refractivity (Wildman–Crippen MR) is 88.3 cm³/mol. The third-order valence-corrected chi connectivity index (χ3v) is 3.84. The summed E-state index contributed by atoms with van der Waals surface area (Å²) in [6.45, 7) is 0. The Morgan fingerprint density at radius 1 is 1.21 bits per heavy atom. The Bertz CT molecular complexity index is 650. The maximum atomic E-state index is 12.0. The van der Waals surface area contributed by atoms with E-state index in [0.29, 0.717) is 4.47 Å². The minimum Gasteiger partial charge on any atom is -0.506 e. The molecule has 0 bridgehead atoms. The van der Waals surface area contributed by atoms with Gasteiger partial charge < -0.3 is 5.11 Å². The van der Waals surface area contributed by atoms with E-state index in [0.717, 1.165) is 9.13 Å². The minimum absolute atomic E-state index is 0.0280. The Morgan fingerprint density at radius 2 is 1.95 bits per heavy atom. The standard InChI is InChI=1S/C15H10BrIO2/c16-13-6-2-5-12(15(13)19)14(18)8-7-10-3-1-4-11(17)9-10/h1-9,19H. The summed E-state index contributed by atoms with van der Waals surface area (Å²) in [7, 11) is 0. The molecule has 0 spiro atoms. The molecule has 0 aliphatic rings. The zero-order valence-corrected chi connectivity index (χ0v) is 13.6. The third-order valence-electron chi connectivity index (χ3n) is 2.53. The number of carbonyl (C=O) groups excluding carboxylic acids is 1. The summed E-state index contributed by atoms with van der Waals surface area (Å²) < 4.78 is 1.62. The van der Waals surface area contributed by atoms with E-state index in [1.54, 1.807) is 24.3 Å². The van der Waals surface area contributed by atoms with Gasteiger partial charge in [0.25, 0.3) is 0 Å². The summed E-state index contributed by atoms with van der Waals surface area (Å²) in [5.41, 5.74) is 1.24. The van der Waals surface area contributed by atoms with Gasteiger partial charge in [-0.1, -0.05) is 24.3 Å². The maximum Gasteiger partial charge on any atom is 0.189 e. The summed E-state index contributed by atoms with van der Waals surface area (Å²) >= 11 is 5.41. The monoisotopic (exact) mass is 428 g/mol. The van der Waals surface area contributed by atoms with E-state index >= 15 is 0 Å². The number of carbonyl (C=O) groups is 1. The largest absolute Gasteiger partial charge is 0.506 e. The molecular weight excluding hydrogens is 419 g/mol. The van der Waals surface area contributed by atoms with Crippen molar-refractivity contribution in [3.05, 3.63) is 67.7 Å². The number of para-hydroxylation sites is 1. The average molecular weight is 429 g/mol. The van der Waals surface area contributed by atoms with Gasteiger partial charge in [-0.15, -0.1) is 0 Å². The van der Waals surface area contributed by atoms with E-state index in [2.05, 4.69) is 38.5 Å². The normalized spacial score (nSPS) is 10.8. The number of benzene rings is 2. The van der Waals surface area contributed by atoms with Crippen LogP contribution in [-0.4, -0.2) is 10.9 Å². The summed E-state index contributed by atoms with van der Waals surface area (Å²) in [6, 6.07) is 12.8. The molecule has 0 amide bonds. The number of ketones is 1. The van der Waals surface area contributed by atoms with Gasteiger partial charge in [-0.25, -0.2) is 0 Å². The summed E-state index contributed by atoms with van der Waals surface area (Å²) in [5.74, 6) is -0.252. The molecule has 2 aromatic carbocycles. The van der Waals surface area contributed by atoms with E-state index < -0.39 is 0 Å². The number of halogens is 2. The number of phenolic OH excluding ortho intramolecular Hbond substituents is 1. The van der Waals surface area contributed by atoms with Gasteiger partial charge in [0.05, 0.1) is 10.0 Å². The van der Waals surface area contributed by atoms with Crippen molar-refractivity contribution in [2.75, 3.05) is 0 Å². The van der Waals surface area contributed by atoms with Gasteiger partial charge in [0, 0.05) is 3.57 Å². The maximum absolute atomic E-state index is 12.0. The van der Waals surface area contributed by atoms with Crippen LogP contribution in [0.5, 0.6) is 5.75 Å². The Balaban J connectivity index is 2.24. The highest BCUT2D eigenvalue weighted by molar-refractivity contribution is 14.1. The van der Waals surface area contributed by atoms with Crippen LogP contribution in [0.1, 0.15) is 15.9 Å². The molecule has 2 rings (SSSR count). The van der Waals surface area contributed by atoms with E-state index in [1.807, 2.05) is 24.3 Å². The van der Waals surface area contributed by atoms with Crippen molar-refractivity contribution >= 4 is 50.4 Å². The molecule has 0 aliphatic carbocycles. The lowest BCUT2D eigenvalue weighted by Crippen LogP contribution is -1.95. The summed E-state index contributed by atoms with van der Waals surface area (Å²) in [6.07, 6.45) is 3.21. The van der Waals surface area contributed by atoms with Gasteiger partial charge in [-0.3, -0.25) is 4.79 Å². The SMILES string of the molecule is O=C(C=Cc1cccc(I)c1)c1cccc(Br)c1O. The van der Waals surface area contributed by atoms with Crippen LogP contribution in [0.2, 0.25) is 0 Å². The van der Waals surface area contributed by atoms with Gasteiger partial charge in [0.1, 0.15) is 5.75 Å². The number of rotatable bonds is 3. The Labute approximate surface area is 133 Å². The van der Waals surface area contributed by atoms with Crippen LogP contribution >= 0.6 is 38.5 Å². The highest BCUT2D eigenvalue weighted by atomic mass is 127. The quantitative estimate of drug-likeness (QED) is 0.438. The lowest BCUT2D eigenvalue weighted by molar-refractivity contribution is 0.104. The van der Waals surface area contributed by atoms with Crippen molar-refractivity contribution in [3.63, 3.8) is 0 Å². The first-order chi connectivity index (χ1) is 9.08. The number of hydrogen-bond acceptors (Lipinski definition) is 2. The second kappa shape index (κ2) is 6.34. The van der Waals surface area contributed by atoms with Gasteiger partial charge >= 0.3 is 0 Å². The molecule has 2 aromatic rings. The molecule has 0 aromatic heterocycles. The van der Waals surface area contributed by atoms with Gasteiger partial charge in [0.15, 0.2) is 5.78 Å². The fourth-order valence-corrected chi connectivity index (χ4v) is 2.52. The number of aromatic hydroxyl groups is 1. The fraction of sp³-hybridized carbons (Fsp3) is 0. The lowest BCUT2D eigenvalue weighted by atomic mass is 10.1. The van der Waals surface area contributed by atoms with Crippen LogP contribution < -0.4 is 0 Å². The highest BCUT2D eigenvalue weighted by Crippen LogP contribution is 2.28. The first kappa shape index (κ1) is 14.3. The van der Waals surface area contributed by atoms with Crippen molar-refractivity contribution in [1.29, 1.82) is 0 Å². The van der Waals surface area contributed by atoms with Crippen LogP contribution in [0.15, 0.2) is 53.0 Å². The van der Waals surface area contributed by atoms with Crippen LogP contribution in [0.4, 0.5) is 0 Å². The fourth-order valence-electron chi connectivity index (χ4n) is 1.59. The average Bonchev–Trinajstić information content (AvgIpc) is 2.39. The molecule has 0 saturated heterocycles. The molecule has 1 N–H and O–H groups in total. The van der Waals surface area contributed by atoms with Crippen molar-refractivity contribution < 1.29 is 9.90 Å². The van der Waals surface area contributed by atoms with E-state index in [4.69, 9.17) is 0 Å². The van der Waals surface area contributed by atoms with E-state index in [1.165, 1.54) is 6.08 Å². The smallest absolute Gasteiger partial charge is 0.189 e. The molecule has 0 heterocycles. The summed E-state index contributed by atoms with van der Waals surface area (Å²) in [4.78, 5) is 12.0. The zero-order chi connectivity index (χ0) is 13.8. The molecular formula is C15H10BrIO2. The Hall–Kier alpha value is -1.14. The topological polar surface area (TPSA) is 37.3 Å². The molecule has 96 valence electrons. The first-order valence-corrected chi connectivity index (χ1v) is 7.40. The van der Waals surface area contributed by atoms with Gasteiger partial charge in [-0.05, 0) is 74.4 Å². The zero-order valence-electron chi connectivity index (χ0n) is 9.81. The summed E-state index contributed by atoms with van der Waals surface area (Å²) in [5, 5.41) is 9.81. The number of hydrogen-bond donors (Lipinski definition) is 1. The molecule has 4 heteroatoms. The molecule has 0 fully saturated rings. The molecule has 0 aliphatic heterocycles. The molecule has 19 heavy (non-hydrogen) atoms. The van der Waals surface area contributed by atoms with Crippen molar-refractivity contribution in [2.24, 2.45) is 0 Å². The number of phenols is 1. The van der Waals surface area contributed by atoms with E-state index in [9.17, 15) is 9.90 Å². The second-order valence-corrected chi connectivity index (χ2v) is 5.99. The minimum atomic E-state index is -0.224. The van der Waals surface area contributed by atoms with Crippen molar-refractivity contribution in [3.8, 4) is 5.75 Å². The van der Waals surface area contributed by atoms with E-state index in [-0.39, 0.29) is 17.1 Å².